The number of terminal acetylenes is 1. The summed E-state index contributed by atoms with van der Waals surface area (Å²) in [6.07, 6.45) is 15.9. The Labute approximate surface area is 167 Å². The van der Waals surface area contributed by atoms with Crippen molar-refractivity contribution in [1.29, 1.82) is 0 Å². The largest absolute Gasteiger partial charge is 0.393 e. The minimum Gasteiger partial charge on any atom is -0.393 e. The molecule has 5 nitrogen and oxygen atoms in total. The fraction of sp³-hybridized carbons (Fsp3) is 0.652. The Bertz CT molecular complexity index is 753. The van der Waals surface area contributed by atoms with Gasteiger partial charge in [0.2, 0.25) is 0 Å². The van der Waals surface area contributed by atoms with E-state index in [-0.39, 0.29) is 52.1 Å². The van der Waals surface area contributed by atoms with Gasteiger partial charge >= 0.3 is 0 Å². The van der Waals surface area contributed by atoms with Gasteiger partial charge in [0.05, 0.1) is 6.10 Å². The average Bonchev–Trinajstić information content (AvgIpc) is 2.93. The summed E-state index contributed by atoms with van der Waals surface area (Å²) in [5.41, 5.74) is 6.82. The number of aliphatic hydroxyl groups is 2. The van der Waals surface area contributed by atoms with E-state index in [9.17, 15) is 19.8 Å². The fourth-order valence-corrected chi connectivity index (χ4v) is 7.13. The number of carbonyl (C=O) groups is 2. The molecule has 3 fully saturated rings. The van der Waals surface area contributed by atoms with Crippen LogP contribution in [0.1, 0.15) is 39.5 Å². The normalized spacial score (nSPS) is 46.4. The van der Waals surface area contributed by atoms with Crippen molar-refractivity contribution in [3.63, 3.8) is 0 Å². The van der Waals surface area contributed by atoms with Gasteiger partial charge in [-0.1, -0.05) is 25.5 Å². The lowest BCUT2D eigenvalue weighted by molar-refractivity contribution is -0.141. The van der Waals surface area contributed by atoms with Crippen LogP contribution >= 0.6 is 0 Å². The van der Waals surface area contributed by atoms with Gasteiger partial charge in [0.25, 0.3) is 0 Å². The van der Waals surface area contributed by atoms with Crippen LogP contribution in [0.25, 0.3) is 0 Å². The molecule has 4 aliphatic carbocycles. The summed E-state index contributed by atoms with van der Waals surface area (Å²) in [5, 5.41) is 20.6. The highest BCUT2D eigenvalue weighted by molar-refractivity contribution is 6.01. The number of rotatable bonds is 2. The number of Topliss-reactive ketones (excluding diaryl/α,β-unsaturated/α-hetero) is 1. The molecule has 0 spiro atoms. The van der Waals surface area contributed by atoms with Crippen molar-refractivity contribution in [2.75, 3.05) is 6.61 Å². The van der Waals surface area contributed by atoms with E-state index in [0.29, 0.717) is 6.42 Å². The van der Waals surface area contributed by atoms with Crippen molar-refractivity contribution in [2.45, 2.75) is 51.7 Å². The van der Waals surface area contributed by atoms with Crippen LogP contribution in [0, 0.1) is 47.3 Å². The predicted octanol–water partition coefficient (Wildman–Crippen LogP) is 1.63. The van der Waals surface area contributed by atoms with E-state index in [1.165, 1.54) is 0 Å². The van der Waals surface area contributed by atoms with E-state index in [4.69, 9.17) is 5.73 Å². The molecule has 0 amide bonds. The molecule has 0 bridgehead atoms. The van der Waals surface area contributed by atoms with Gasteiger partial charge in [-0.15, -0.1) is 12.8 Å². The van der Waals surface area contributed by atoms with Gasteiger partial charge in [0.1, 0.15) is 6.61 Å². The Morgan fingerprint density at radius 1 is 1.36 bits per heavy atom. The molecular weight excluding hydrogens is 354 g/mol. The number of allylic oxidation sites excluding steroid dienone is 4. The number of fused-ring (bicyclic) bond motifs is 5. The highest BCUT2D eigenvalue weighted by atomic mass is 16.3. The Morgan fingerprint density at radius 3 is 2.68 bits per heavy atom. The lowest BCUT2D eigenvalue weighted by Crippen LogP contribution is -2.56. The summed E-state index contributed by atoms with van der Waals surface area (Å²) in [7, 11) is 0. The molecule has 4 aliphatic rings. The van der Waals surface area contributed by atoms with E-state index >= 15 is 0 Å². The maximum absolute atomic E-state index is 12.4. The van der Waals surface area contributed by atoms with Crippen LogP contribution in [0.3, 0.4) is 0 Å². The number of nitrogens with two attached hydrogens (primary N) is 1. The summed E-state index contributed by atoms with van der Waals surface area (Å²) < 4.78 is 0. The summed E-state index contributed by atoms with van der Waals surface area (Å²) in [5.74, 6) is 0.0185. The average molecular weight is 386 g/mol. The van der Waals surface area contributed by atoms with Crippen LogP contribution in [0.5, 0.6) is 0 Å². The van der Waals surface area contributed by atoms with Crippen LogP contribution < -0.4 is 5.73 Å². The van der Waals surface area contributed by atoms with Gasteiger partial charge < -0.3 is 15.9 Å². The monoisotopic (exact) mass is 385 g/mol. The predicted molar refractivity (Wildman–Crippen MR) is 107 cm³/mol. The Morgan fingerprint density at radius 2 is 2.04 bits per heavy atom. The zero-order chi connectivity index (χ0) is 20.9. The second-order valence-corrected chi connectivity index (χ2v) is 9.30. The molecular formula is C23H31NO4. The molecule has 4 N–H and O–H groups in total. The third kappa shape index (κ3) is 2.82. The maximum Gasteiger partial charge on any atom is 0.178 e. The maximum atomic E-state index is 12.4. The van der Waals surface area contributed by atoms with Crippen molar-refractivity contribution < 1.29 is 19.8 Å². The molecule has 8 atom stereocenters. The van der Waals surface area contributed by atoms with E-state index in [1.807, 2.05) is 6.08 Å². The number of aliphatic hydroxyl groups excluding tert-OH is 2. The van der Waals surface area contributed by atoms with Gasteiger partial charge in [-0.3, -0.25) is 9.59 Å². The van der Waals surface area contributed by atoms with Gasteiger partial charge in [-0.05, 0) is 55.1 Å². The smallest absolute Gasteiger partial charge is 0.178 e. The van der Waals surface area contributed by atoms with Crippen molar-refractivity contribution in [1.82, 2.24) is 0 Å². The second-order valence-electron chi connectivity index (χ2n) is 9.30. The Hall–Kier alpha value is -1.74. The van der Waals surface area contributed by atoms with E-state index < -0.39 is 12.7 Å². The minimum absolute atomic E-state index is 0.0301. The van der Waals surface area contributed by atoms with E-state index in [2.05, 4.69) is 26.7 Å². The Balaban J connectivity index is 0.00000109. The molecule has 4 unspecified atom stereocenters. The molecule has 4 rings (SSSR count). The van der Waals surface area contributed by atoms with E-state index in [1.54, 1.807) is 12.2 Å². The molecule has 0 aromatic carbocycles. The van der Waals surface area contributed by atoms with Crippen LogP contribution in [0.4, 0.5) is 0 Å². The zero-order valence-electron chi connectivity index (χ0n) is 16.7. The van der Waals surface area contributed by atoms with Gasteiger partial charge in [0, 0.05) is 23.3 Å². The molecule has 28 heavy (non-hydrogen) atoms. The number of hydrogen-bond donors (Lipinski definition) is 3. The van der Waals surface area contributed by atoms with Crippen molar-refractivity contribution in [3.8, 4) is 12.8 Å². The quantitative estimate of drug-likeness (QED) is 0.627. The third-order valence-electron chi connectivity index (χ3n) is 8.10. The topological polar surface area (TPSA) is 101 Å². The van der Waals surface area contributed by atoms with Gasteiger partial charge in [-0.2, -0.15) is 0 Å². The molecule has 0 saturated heterocycles. The molecule has 5 heteroatoms. The highest BCUT2D eigenvalue weighted by Crippen LogP contribution is 2.65. The van der Waals surface area contributed by atoms with Crippen LogP contribution in [0.2, 0.25) is 0 Å². The number of ketones is 2. The molecule has 0 aliphatic heterocycles. The molecule has 0 heterocycles. The van der Waals surface area contributed by atoms with Crippen LogP contribution in [0.15, 0.2) is 23.8 Å². The van der Waals surface area contributed by atoms with Crippen molar-refractivity contribution in [2.24, 2.45) is 40.2 Å². The third-order valence-corrected chi connectivity index (χ3v) is 8.10. The summed E-state index contributed by atoms with van der Waals surface area (Å²) in [6, 6.07) is -0.260. The van der Waals surface area contributed by atoms with Gasteiger partial charge in [0.15, 0.2) is 11.6 Å². The first-order chi connectivity index (χ1) is 13.2. The lowest BCUT2D eigenvalue weighted by Gasteiger charge is -2.58. The van der Waals surface area contributed by atoms with Crippen LogP contribution in [-0.4, -0.2) is 40.5 Å². The zero-order valence-corrected chi connectivity index (χ0v) is 16.7. The SMILES string of the molecule is C#C.C[C@]12C[C@@H](O)C3C(CCC4=CC(=O)C=C[C@@]43C)C1C[C@H](N)C2C(=O)CO. The molecule has 3 saturated carbocycles. The van der Waals surface area contributed by atoms with Crippen molar-refractivity contribution in [3.05, 3.63) is 23.8 Å². The van der Waals surface area contributed by atoms with Crippen molar-refractivity contribution >= 4 is 11.6 Å². The molecule has 152 valence electrons. The lowest BCUT2D eigenvalue weighted by atomic mass is 9.46. The van der Waals surface area contributed by atoms with E-state index in [0.717, 1.165) is 24.8 Å². The fourth-order valence-electron chi connectivity index (χ4n) is 7.13. The highest BCUT2D eigenvalue weighted by Gasteiger charge is 2.64. The summed E-state index contributed by atoms with van der Waals surface area (Å²) in [6.45, 7) is 3.73. The standard InChI is InChI=1S/C21H29NO4.C2H2/c1-20-6-5-12(24)7-11(20)3-4-13-14-8-15(22)19(17(26)10-23)21(14,2)9-16(25)18(13)20;1-2/h5-7,13-16,18-19,23,25H,3-4,8-10,22H2,1-2H3;1-2H/t13?,14?,15-,16+,18?,19?,20-,21-;/m0./s1. The second kappa shape index (κ2) is 7.26. The first kappa shape index (κ1) is 21.0. The minimum atomic E-state index is -0.549. The molecule has 0 radical (unpaired) electrons. The summed E-state index contributed by atoms with van der Waals surface area (Å²) >= 11 is 0. The summed E-state index contributed by atoms with van der Waals surface area (Å²) in [4.78, 5) is 24.2. The number of carbonyl (C=O) groups excluding carboxylic acids is 2. The molecule has 0 aromatic rings. The van der Waals surface area contributed by atoms with Gasteiger partial charge in [-0.25, -0.2) is 0 Å². The number of hydrogen-bond acceptors (Lipinski definition) is 5. The first-order valence-corrected chi connectivity index (χ1v) is 10.1. The van der Waals surface area contributed by atoms with Crippen LogP contribution in [-0.2, 0) is 9.59 Å². The first-order valence-electron chi connectivity index (χ1n) is 10.1. The molecule has 0 aromatic heterocycles. The Kier molecular flexibility index (Phi) is 5.44.